The molecule has 1 N–H and O–H groups in total. The van der Waals surface area contributed by atoms with Gasteiger partial charge in [-0.05, 0) is 44.6 Å². The van der Waals surface area contributed by atoms with Crippen molar-refractivity contribution < 1.29 is 19.4 Å². The molecular weight excluding hydrogens is 376 g/mol. The molecule has 0 heterocycles. The lowest BCUT2D eigenvalue weighted by Crippen LogP contribution is -2.16. The van der Waals surface area contributed by atoms with E-state index in [9.17, 15) is 9.59 Å². The van der Waals surface area contributed by atoms with Gasteiger partial charge in [0.2, 0.25) is 0 Å². The van der Waals surface area contributed by atoms with Crippen LogP contribution in [0.5, 0.6) is 0 Å². The molecule has 0 saturated heterocycles. The van der Waals surface area contributed by atoms with Gasteiger partial charge in [0, 0.05) is 12.8 Å². The summed E-state index contributed by atoms with van der Waals surface area (Å²) in [6.07, 6.45) is 23.8. The SMILES string of the molecule is CCCCC/C=C\C(CCCCCCC(=O)O)OC(=O)CCCCCCCCCC. The van der Waals surface area contributed by atoms with Crippen molar-refractivity contribution in [3.63, 3.8) is 0 Å². The average molecular weight is 425 g/mol. The first-order valence-electron chi connectivity index (χ1n) is 12.7. The molecule has 0 aliphatic rings. The van der Waals surface area contributed by atoms with Crippen molar-refractivity contribution in [1.82, 2.24) is 0 Å². The van der Waals surface area contributed by atoms with Crippen LogP contribution in [0, 0.1) is 0 Å². The van der Waals surface area contributed by atoms with Crippen LogP contribution in [0.15, 0.2) is 12.2 Å². The van der Waals surface area contributed by atoms with Crippen molar-refractivity contribution >= 4 is 11.9 Å². The first-order chi connectivity index (χ1) is 14.6. The molecule has 0 aromatic rings. The molecule has 1 atom stereocenters. The van der Waals surface area contributed by atoms with Crippen LogP contribution < -0.4 is 0 Å². The number of carbonyl (C=O) groups is 2. The quantitative estimate of drug-likeness (QED) is 0.109. The Bertz CT molecular complexity index is 431. The monoisotopic (exact) mass is 424 g/mol. The van der Waals surface area contributed by atoms with E-state index in [2.05, 4.69) is 26.0 Å². The second-order valence-corrected chi connectivity index (χ2v) is 8.52. The van der Waals surface area contributed by atoms with Gasteiger partial charge in [0.05, 0.1) is 0 Å². The van der Waals surface area contributed by atoms with Crippen molar-refractivity contribution in [2.24, 2.45) is 0 Å². The number of rotatable bonds is 22. The van der Waals surface area contributed by atoms with Crippen LogP contribution in [0.3, 0.4) is 0 Å². The number of aliphatic carboxylic acids is 1. The van der Waals surface area contributed by atoms with E-state index in [4.69, 9.17) is 9.84 Å². The molecule has 176 valence electrons. The van der Waals surface area contributed by atoms with Gasteiger partial charge in [-0.15, -0.1) is 0 Å². The van der Waals surface area contributed by atoms with E-state index in [1.807, 2.05) is 0 Å². The van der Waals surface area contributed by atoms with Crippen molar-refractivity contribution in [2.75, 3.05) is 0 Å². The van der Waals surface area contributed by atoms with Crippen LogP contribution in [-0.2, 0) is 14.3 Å². The summed E-state index contributed by atoms with van der Waals surface area (Å²) in [5.74, 6) is -0.798. The molecule has 0 radical (unpaired) electrons. The minimum atomic E-state index is -0.724. The summed E-state index contributed by atoms with van der Waals surface area (Å²) < 4.78 is 5.74. The van der Waals surface area contributed by atoms with Crippen molar-refractivity contribution in [3.8, 4) is 0 Å². The molecule has 0 saturated carbocycles. The van der Waals surface area contributed by atoms with Gasteiger partial charge in [0.25, 0.3) is 0 Å². The predicted molar refractivity (Wildman–Crippen MR) is 126 cm³/mol. The number of carboxylic acids is 1. The molecule has 0 aromatic carbocycles. The van der Waals surface area contributed by atoms with Crippen LogP contribution in [0.2, 0.25) is 0 Å². The number of carboxylic acid groups (broad SMARTS) is 1. The van der Waals surface area contributed by atoms with Gasteiger partial charge in [0.15, 0.2) is 0 Å². The predicted octanol–water partition coefficient (Wildman–Crippen LogP) is 7.99. The van der Waals surface area contributed by atoms with Crippen LogP contribution in [-0.4, -0.2) is 23.1 Å². The summed E-state index contributed by atoms with van der Waals surface area (Å²) in [6.45, 7) is 4.43. The second-order valence-electron chi connectivity index (χ2n) is 8.52. The Kier molecular flexibility index (Phi) is 21.4. The number of hydrogen-bond donors (Lipinski definition) is 1. The zero-order chi connectivity index (χ0) is 22.3. The first kappa shape index (κ1) is 28.7. The van der Waals surface area contributed by atoms with Gasteiger partial charge in [-0.2, -0.15) is 0 Å². The van der Waals surface area contributed by atoms with Crippen LogP contribution in [0.4, 0.5) is 0 Å². The number of ether oxygens (including phenoxy) is 1. The smallest absolute Gasteiger partial charge is 0.306 e. The summed E-state index contributed by atoms with van der Waals surface area (Å²) >= 11 is 0. The van der Waals surface area contributed by atoms with Crippen LogP contribution in [0.25, 0.3) is 0 Å². The number of hydrogen-bond acceptors (Lipinski definition) is 3. The highest BCUT2D eigenvalue weighted by molar-refractivity contribution is 5.69. The minimum Gasteiger partial charge on any atom is -0.481 e. The first-order valence-corrected chi connectivity index (χ1v) is 12.7. The zero-order valence-corrected chi connectivity index (χ0v) is 19.8. The molecule has 30 heavy (non-hydrogen) atoms. The number of esters is 1. The number of carbonyl (C=O) groups excluding carboxylic acids is 1. The van der Waals surface area contributed by atoms with E-state index >= 15 is 0 Å². The fourth-order valence-electron chi connectivity index (χ4n) is 3.56. The number of unbranched alkanes of at least 4 members (excludes halogenated alkanes) is 13. The highest BCUT2D eigenvalue weighted by Crippen LogP contribution is 2.14. The summed E-state index contributed by atoms with van der Waals surface area (Å²) in [7, 11) is 0. The highest BCUT2D eigenvalue weighted by atomic mass is 16.5. The summed E-state index contributed by atoms with van der Waals surface area (Å²) in [5.41, 5.74) is 0. The molecule has 1 unspecified atom stereocenters. The molecular formula is C26H48O4. The van der Waals surface area contributed by atoms with E-state index in [1.54, 1.807) is 0 Å². The zero-order valence-electron chi connectivity index (χ0n) is 19.8. The van der Waals surface area contributed by atoms with Crippen molar-refractivity contribution in [2.45, 2.75) is 142 Å². The lowest BCUT2D eigenvalue weighted by Gasteiger charge is -2.15. The van der Waals surface area contributed by atoms with E-state index < -0.39 is 5.97 Å². The maximum absolute atomic E-state index is 12.3. The van der Waals surface area contributed by atoms with E-state index in [1.165, 1.54) is 57.8 Å². The molecule has 0 fully saturated rings. The average Bonchev–Trinajstić information content (AvgIpc) is 2.71. The van der Waals surface area contributed by atoms with E-state index in [0.29, 0.717) is 6.42 Å². The Labute approximate surface area is 185 Å². The van der Waals surface area contributed by atoms with Crippen molar-refractivity contribution in [3.05, 3.63) is 12.2 Å². The Hall–Kier alpha value is -1.32. The lowest BCUT2D eigenvalue weighted by atomic mass is 10.1. The maximum Gasteiger partial charge on any atom is 0.306 e. The third kappa shape index (κ3) is 21.4. The summed E-state index contributed by atoms with van der Waals surface area (Å²) in [4.78, 5) is 22.8. The number of allylic oxidation sites excluding steroid dienone is 1. The Morgan fingerprint density at radius 2 is 1.27 bits per heavy atom. The third-order valence-electron chi connectivity index (χ3n) is 5.47. The normalized spacial score (nSPS) is 12.3. The minimum absolute atomic E-state index is 0.0740. The molecule has 0 aromatic heterocycles. The Morgan fingerprint density at radius 3 is 1.90 bits per heavy atom. The molecule has 4 nitrogen and oxygen atoms in total. The molecule has 0 aliphatic carbocycles. The van der Waals surface area contributed by atoms with Crippen LogP contribution >= 0.6 is 0 Å². The van der Waals surface area contributed by atoms with E-state index in [-0.39, 0.29) is 18.5 Å². The van der Waals surface area contributed by atoms with Gasteiger partial charge in [-0.1, -0.05) is 90.6 Å². The highest BCUT2D eigenvalue weighted by Gasteiger charge is 2.11. The summed E-state index contributed by atoms with van der Waals surface area (Å²) in [5, 5.41) is 8.70. The molecule has 0 spiro atoms. The molecule has 0 aliphatic heterocycles. The molecule has 0 rings (SSSR count). The van der Waals surface area contributed by atoms with E-state index in [0.717, 1.165) is 51.4 Å². The standard InChI is InChI=1S/C26H48O4/c1-3-5-7-9-10-11-13-19-23-26(29)30-24(20-16-12-8-6-4-2)21-17-14-15-18-22-25(27)28/h16,20,24H,3-15,17-19,21-23H2,1-2H3,(H,27,28)/b20-16-. The summed E-state index contributed by atoms with van der Waals surface area (Å²) in [6, 6.07) is 0. The Balaban J connectivity index is 4.07. The Morgan fingerprint density at radius 1 is 0.733 bits per heavy atom. The largest absolute Gasteiger partial charge is 0.481 e. The maximum atomic E-state index is 12.3. The fourth-order valence-corrected chi connectivity index (χ4v) is 3.56. The fraction of sp³-hybridized carbons (Fsp3) is 0.846. The van der Waals surface area contributed by atoms with Gasteiger partial charge in [-0.3, -0.25) is 9.59 Å². The van der Waals surface area contributed by atoms with Gasteiger partial charge in [-0.25, -0.2) is 0 Å². The van der Waals surface area contributed by atoms with Crippen LogP contribution in [0.1, 0.15) is 136 Å². The molecule has 0 bridgehead atoms. The molecule has 0 amide bonds. The second kappa shape index (κ2) is 22.4. The molecule has 4 heteroatoms. The van der Waals surface area contributed by atoms with Gasteiger partial charge in [0.1, 0.15) is 6.10 Å². The third-order valence-corrected chi connectivity index (χ3v) is 5.47. The van der Waals surface area contributed by atoms with Crippen molar-refractivity contribution in [1.29, 1.82) is 0 Å². The lowest BCUT2D eigenvalue weighted by molar-refractivity contribution is -0.147. The topological polar surface area (TPSA) is 63.6 Å². The van der Waals surface area contributed by atoms with Gasteiger partial charge < -0.3 is 9.84 Å². The van der Waals surface area contributed by atoms with Gasteiger partial charge >= 0.3 is 11.9 Å².